The number of quaternary nitrogens is 1. The molecule has 0 aromatic heterocycles. The van der Waals surface area contributed by atoms with Gasteiger partial charge in [-0.25, -0.2) is 0 Å². The van der Waals surface area contributed by atoms with E-state index in [0.29, 0.717) is 23.9 Å². The van der Waals surface area contributed by atoms with Crippen LogP contribution in [0.1, 0.15) is 168 Å². The Morgan fingerprint density at radius 1 is 0.543 bits per heavy atom. The van der Waals surface area contributed by atoms with Crippen molar-refractivity contribution in [2.75, 3.05) is 47.5 Å². The smallest absolute Gasteiger partial charge is 0.306 e. The maximum atomic E-state index is 12.6. The summed E-state index contributed by atoms with van der Waals surface area (Å²) in [5.74, 6) is -2.61. The van der Waals surface area contributed by atoms with Gasteiger partial charge < -0.3 is 28.6 Å². The van der Waals surface area contributed by atoms with E-state index in [9.17, 15) is 19.5 Å². The summed E-state index contributed by atoms with van der Waals surface area (Å²) in [6.45, 7) is 4.64. The Morgan fingerprint density at radius 3 is 1.33 bits per heavy atom. The van der Waals surface area contributed by atoms with E-state index in [1.165, 1.54) is 103 Å². The highest BCUT2D eigenvalue weighted by molar-refractivity contribution is 5.70. The number of unbranched alkanes of at least 4 members (excludes halogenated alkanes) is 20. The maximum Gasteiger partial charge on any atom is 0.306 e. The van der Waals surface area contributed by atoms with Gasteiger partial charge in [0.05, 0.1) is 52.8 Å². The molecule has 0 amide bonds. The van der Waals surface area contributed by atoms with Crippen molar-refractivity contribution in [1.82, 2.24) is 0 Å². The highest BCUT2D eigenvalue weighted by atomic mass is 16.6. The number of aliphatic carboxylic acids is 1. The molecule has 0 rings (SSSR count). The summed E-state index contributed by atoms with van der Waals surface area (Å²) in [4.78, 5) is 36.6. The Labute approximate surface area is 283 Å². The van der Waals surface area contributed by atoms with Crippen LogP contribution in [0.5, 0.6) is 0 Å². The molecule has 0 aromatic rings. The summed E-state index contributed by atoms with van der Waals surface area (Å²) in [5.41, 5.74) is 0. The van der Waals surface area contributed by atoms with E-state index < -0.39 is 18.0 Å². The van der Waals surface area contributed by atoms with Gasteiger partial charge in [-0.3, -0.25) is 9.59 Å². The van der Waals surface area contributed by atoms with Gasteiger partial charge in [0.25, 0.3) is 0 Å². The molecule has 0 fully saturated rings. The standard InChI is InChI=1S/C38H73NO7/c1-6-8-10-12-14-16-18-20-22-24-26-28-36(40)45-33-35(32-44-31-34(38(42)43)30-39(3,4)5)46-37(41)29-27-25-23-21-19-17-15-13-11-9-7-2/h34-35H,6-33H2,1-5H3/t34?,35-/m0/s1. The van der Waals surface area contributed by atoms with Gasteiger partial charge in [0.2, 0.25) is 0 Å². The van der Waals surface area contributed by atoms with Crippen molar-refractivity contribution in [3.05, 3.63) is 0 Å². The molecule has 46 heavy (non-hydrogen) atoms. The average Bonchev–Trinajstić information content (AvgIpc) is 3.00. The molecule has 0 aromatic carbocycles. The van der Waals surface area contributed by atoms with Gasteiger partial charge in [-0.1, -0.05) is 142 Å². The number of nitrogens with zero attached hydrogens (tertiary/aromatic N) is 1. The lowest BCUT2D eigenvalue weighted by atomic mass is 10.1. The molecular formula is C38H73NO7. The molecule has 8 heteroatoms. The third kappa shape index (κ3) is 31.0. The quantitative estimate of drug-likeness (QED) is 0.0394. The van der Waals surface area contributed by atoms with Crippen molar-refractivity contribution >= 4 is 17.9 Å². The second-order valence-electron chi connectivity index (χ2n) is 14.4. The van der Waals surface area contributed by atoms with Crippen molar-refractivity contribution in [2.45, 2.75) is 174 Å². The zero-order valence-electron chi connectivity index (χ0n) is 30.8. The second kappa shape index (κ2) is 30.7. The zero-order valence-corrected chi connectivity index (χ0v) is 30.8. The van der Waals surface area contributed by atoms with Crippen LogP contribution in [-0.4, -0.2) is 76.0 Å². The van der Waals surface area contributed by atoms with E-state index >= 15 is 0 Å². The van der Waals surface area contributed by atoms with E-state index in [4.69, 9.17) is 14.2 Å². The van der Waals surface area contributed by atoms with Crippen LogP contribution >= 0.6 is 0 Å². The van der Waals surface area contributed by atoms with Crippen LogP contribution in [0.25, 0.3) is 0 Å². The SMILES string of the molecule is CCCCCCCCCCCCCC(=O)OC[C@H](COCC(C[N+](C)(C)C)C(=O)[O-])OC(=O)CCCCCCCCCCCCC. The molecule has 0 bridgehead atoms. The van der Waals surface area contributed by atoms with Crippen LogP contribution in [0.4, 0.5) is 0 Å². The normalized spacial score (nSPS) is 13.0. The van der Waals surface area contributed by atoms with Gasteiger partial charge in [-0.2, -0.15) is 0 Å². The third-order valence-electron chi connectivity index (χ3n) is 8.42. The van der Waals surface area contributed by atoms with E-state index in [-0.39, 0.29) is 31.8 Å². The Kier molecular flexibility index (Phi) is 29.5. The summed E-state index contributed by atoms with van der Waals surface area (Å²) >= 11 is 0. The van der Waals surface area contributed by atoms with Crippen LogP contribution in [-0.2, 0) is 28.6 Å². The topological polar surface area (TPSA) is 102 Å². The predicted molar refractivity (Wildman–Crippen MR) is 185 cm³/mol. The van der Waals surface area contributed by atoms with Crippen molar-refractivity contribution in [3.8, 4) is 0 Å². The molecule has 1 unspecified atom stereocenters. The molecule has 0 aliphatic heterocycles. The molecule has 0 N–H and O–H groups in total. The number of carboxylic acids is 1. The van der Waals surface area contributed by atoms with Gasteiger partial charge in [0.15, 0.2) is 6.10 Å². The van der Waals surface area contributed by atoms with Crippen molar-refractivity contribution in [2.24, 2.45) is 5.92 Å². The number of hydrogen-bond acceptors (Lipinski definition) is 7. The minimum Gasteiger partial charge on any atom is -0.550 e. The van der Waals surface area contributed by atoms with Crippen molar-refractivity contribution in [1.29, 1.82) is 0 Å². The first-order valence-electron chi connectivity index (χ1n) is 19.0. The monoisotopic (exact) mass is 656 g/mol. The predicted octanol–water partition coefficient (Wildman–Crippen LogP) is 7.93. The number of carbonyl (C=O) groups is 3. The van der Waals surface area contributed by atoms with E-state index in [1.807, 2.05) is 21.1 Å². The van der Waals surface area contributed by atoms with E-state index in [0.717, 1.165) is 38.5 Å². The van der Waals surface area contributed by atoms with Gasteiger partial charge in [0.1, 0.15) is 6.61 Å². The molecule has 2 atom stereocenters. The van der Waals surface area contributed by atoms with Gasteiger partial charge in [-0.05, 0) is 12.8 Å². The fourth-order valence-corrected chi connectivity index (χ4v) is 5.68. The lowest BCUT2D eigenvalue weighted by Gasteiger charge is -2.30. The number of esters is 2. The summed E-state index contributed by atoms with van der Waals surface area (Å²) in [6, 6.07) is 0. The fraction of sp³-hybridized carbons (Fsp3) is 0.921. The molecular weight excluding hydrogens is 582 g/mol. The lowest BCUT2D eigenvalue weighted by molar-refractivity contribution is -0.873. The molecule has 0 spiro atoms. The summed E-state index contributed by atoms with van der Waals surface area (Å²) < 4.78 is 17.2. The number of rotatable bonds is 34. The van der Waals surface area contributed by atoms with Crippen LogP contribution in [0.3, 0.4) is 0 Å². The molecule has 0 aliphatic rings. The van der Waals surface area contributed by atoms with E-state index in [1.54, 1.807) is 0 Å². The van der Waals surface area contributed by atoms with Crippen molar-refractivity contribution in [3.63, 3.8) is 0 Å². The number of ether oxygens (including phenoxy) is 3. The fourth-order valence-electron chi connectivity index (χ4n) is 5.68. The van der Waals surface area contributed by atoms with Crippen molar-refractivity contribution < 1.29 is 38.2 Å². The highest BCUT2D eigenvalue weighted by Gasteiger charge is 2.22. The van der Waals surface area contributed by atoms with Crippen LogP contribution in [0.15, 0.2) is 0 Å². The molecule has 0 radical (unpaired) electrons. The number of carbonyl (C=O) groups excluding carboxylic acids is 3. The molecule has 0 saturated carbocycles. The maximum absolute atomic E-state index is 12.6. The van der Waals surface area contributed by atoms with E-state index in [2.05, 4.69) is 13.8 Å². The summed E-state index contributed by atoms with van der Waals surface area (Å²) in [5, 5.41) is 11.6. The van der Waals surface area contributed by atoms with Gasteiger partial charge >= 0.3 is 11.9 Å². The Morgan fingerprint density at radius 2 is 0.935 bits per heavy atom. The summed E-state index contributed by atoms with van der Waals surface area (Å²) in [7, 11) is 5.72. The zero-order chi connectivity index (χ0) is 34.3. The minimum atomic E-state index is -1.17. The minimum absolute atomic E-state index is 0.0311. The van der Waals surface area contributed by atoms with Gasteiger partial charge in [-0.15, -0.1) is 0 Å². The average molecular weight is 656 g/mol. The number of carboxylic acid groups (broad SMARTS) is 1. The van der Waals surface area contributed by atoms with Crippen LogP contribution in [0, 0.1) is 5.92 Å². The molecule has 0 aliphatic carbocycles. The highest BCUT2D eigenvalue weighted by Crippen LogP contribution is 2.14. The largest absolute Gasteiger partial charge is 0.550 e. The Bertz CT molecular complexity index is 737. The summed E-state index contributed by atoms with van der Waals surface area (Å²) in [6.07, 6.45) is 26.4. The first-order chi connectivity index (χ1) is 22.1. The first kappa shape index (κ1) is 44.3. The Hall–Kier alpha value is -1.67. The molecule has 0 heterocycles. The third-order valence-corrected chi connectivity index (χ3v) is 8.42. The molecule has 0 saturated heterocycles. The van der Waals surface area contributed by atoms with Gasteiger partial charge in [0, 0.05) is 12.8 Å². The van der Waals surface area contributed by atoms with Crippen LogP contribution in [0.2, 0.25) is 0 Å². The van der Waals surface area contributed by atoms with Crippen LogP contribution < -0.4 is 5.11 Å². The Balaban J connectivity index is 4.45. The molecule has 272 valence electrons. The molecule has 8 nitrogen and oxygen atoms in total. The number of hydrogen-bond donors (Lipinski definition) is 0. The first-order valence-corrected chi connectivity index (χ1v) is 19.0. The second-order valence-corrected chi connectivity index (χ2v) is 14.4. The lowest BCUT2D eigenvalue weighted by Crippen LogP contribution is -2.47.